The summed E-state index contributed by atoms with van der Waals surface area (Å²) in [6.07, 6.45) is 1.98. The first-order valence-electron chi connectivity index (χ1n) is 6.91. The lowest BCUT2D eigenvalue weighted by Gasteiger charge is -2.11. The summed E-state index contributed by atoms with van der Waals surface area (Å²) >= 11 is 0. The van der Waals surface area contributed by atoms with Crippen molar-refractivity contribution < 1.29 is 24.2 Å². The van der Waals surface area contributed by atoms with Crippen molar-refractivity contribution in [1.82, 2.24) is 5.32 Å². The van der Waals surface area contributed by atoms with E-state index in [2.05, 4.69) is 5.32 Å². The van der Waals surface area contributed by atoms with E-state index in [1.54, 1.807) is 13.0 Å². The lowest BCUT2D eigenvalue weighted by molar-refractivity contribution is -0.124. The zero-order chi connectivity index (χ0) is 15.2. The van der Waals surface area contributed by atoms with Gasteiger partial charge in [-0.1, -0.05) is 6.07 Å². The van der Waals surface area contributed by atoms with Gasteiger partial charge in [0.25, 0.3) is 5.91 Å². The van der Waals surface area contributed by atoms with Crippen LogP contribution < -0.4 is 5.32 Å². The maximum absolute atomic E-state index is 11.8. The largest absolute Gasteiger partial charge is 0.507 e. The van der Waals surface area contributed by atoms with Crippen LogP contribution in [-0.2, 0) is 14.3 Å². The van der Waals surface area contributed by atoms with Crippen LogP contribution in [-0.4, -0.2) is 42.8 Å². The Morgan fingerprint density at radius 1 is 1.48 bits per heavy atom. The predicted molar refractivity (Wildman–Crippen MR) is 75.1 cm³/mol. The molecule has 1 saturated heterocycles. The van der Waals surface area contributed by atoms with Crippen molar-refractivity contribution in [2.24, 2.45) is 0 Å². The molecule has 1 aliphatic heterocycles. The lowest BCUT2D eigenvalue weighted by atomic mass is 10.1. The van der Waals surface area contributed by atoms with Crippen LogP contribution in [0.15, 0.2) is 18.2 Å². The highest BCUT2D eigenvalue weighted by Gasteiger charge is 2.17. The smallest absolute Gasteiger partial charge is 0.342 e. The zero-order valence-corrected chi connectivity index (χ0v) is 11.9. The number of amides is 1. The van der Waals surface area contributed by atoms with E-state index in [-0.39, 0.29) is 29.9 Å². The minimum absolute atomic E-state index is 0.0470. The molecule has 114 valence electrons. The summed E-state index contributed by atoms with van der Waals surface area (Å²) in [5.74, 6) is -1.26. The predicted octanol–water partition coefficient (Wildman–Crippen LogP) is 1.15. The Balaban J connectivity index is 1.76. The Hall–Kier alpha value is -2.08. The molecule has 0 spiro atoms. The van der Waals surface area contributed by atoms with Gasteiger partial charge in [0.05, 0.1) is 6.10 Å². The minimum Gasteiger partial charge on any atom is -0.507 e. The van der Waals surface area contributed by atoms with E-state index in [0.717, 1.165) is 25.0 Å². The van der Waals surface area contributed by atoms with Gasteiger partial charge in [-0.3, -0.25) is 4.79 Å². The highest BCUT2D eigenvalue weighted by Crippen LogP contribution is 2.19. The fourth-order valence-electron chi connectivity index (χ4n) is 2.11. The van der Waals surface area contributed by atoms with Gasteiger partial charge < -0.3 is 19.9 Å². The molecule has 0 saturated carbocycles. The Morgan fingerprint density at radius 3 is 2.95 bits per heavy atom. The van der Waals surface area contributed by atoms with Crippen LogP contribution in [0.5, 0.6) is 5.75 Å². The van der Waals surface area contributed by atoms with Gasteiger partial charge in [-0.05, 0) is 37.5 Å². The van der Waals surface area contributed by atoms with Crippen molar-refractivity contribution in [3.05, 3.63) is 29.3 Å². The van der Waals surface area contributed by atoms with Gasteiger partial charge in [0.15, 0.2) is 6.61 Å². The summed E-state index contributed by atoms with van der Waals surface area (Å²) in [7, 11) is 0. The number of ether oxygens (including phenoxy) is 2. The van der Waals surface area contributed by atoms with E-state index in [1.165, 1.54) is 12.1 Å². The van der Waals surface area contributed by atoms with Crippen molar-refractivity contribution in [1.29, 1.82) is 0 Å². The fourth-order valence-corrected chi connectivity index (χ4v) is 2.11. The number of hydrogen-bond acceptors (Lipinski definition) is 5. The number of rotatable bonds is 5. The summed E-state index contributed by atoms with van der Waals surface area (Å²) in [5, 5.41) is 12.3. The molecule has 0 aromatic heterocycles. The van der Waals surface area contributed by atoms with Crippen molar-refractivity contribution in [2.45, 2.75) is 25.9 Å². The number of carbonyl (C=O) groups excluding carboxylic acids is 2. The lowest BCUT2D eigenvalue weighted by Crippen LogP contribution is -2.34. The monoisotopic (exact) mass is 293 g/mol. The Labute approximate surface area is 123 Å². The number of phenolic OH excluding ortho intramolecular Hbond substituents is 1. The van der Waals surface area contributed by atoms with Crippen molar-refractivity contribution in [2.75, 3.05) is 19.8 Å². The third-order valence-corrected chi connectivity index (χ3v) is 3.26. The van der Waals surface area contributed by atoms with E-state index in [1.807, 2.05) is 0 Å². The molecular weight excluding hydrogens is 274 g/mol. The maximum atomic E-state index is 11.8. The summed E-state index contributed by atoms with van der Waals surface area (Å²) in [6, 6.07) is 4.62. The van der Waals surface area contributed by atoms with Gasteiger partial charge in [0.1, 0.15) is 11.3 Å². The molecule has 1 heterocycles. The first-order valence-corrected chi connectivity index (χ1v) is 6.91. The molecule has 0 bridgehead atoms. The van der Waals surface area contributed by atoms with Crippen LogP contribution in [0.25, 0.3) is 0 Å². The SMILES string of the molecule is Cc1ccc(C(=O)OCC(=O)NC[C@@H]2CCCO2)c(O)c1. The van der Waals surface area contributed by atoms with Crippen LogP contribution in [0.2, 0.25) is 0 Å². The Kier molecular flexibility index (Phi) is 5.16. The second-order valence-corrected chi connectivity index (χ2v) is 5.04. The second-order valence-electron chi connectivity index (χ2n) is 5.04. The Bertz CT molecular complexity index is 523. The molecule has 1 fully saturated rings. The zero-order valence-electron chi connectivity index (χ0n) is 11.9. The summed E-state index contributed by atoms with van der Waals surface area (Å²) in [4.78, 5) is 23.3. The van der Waals surface area contributed by atoms with E-state index in [0.29, 0.717) is 6.54 Å². The average molecular weight is 293 g/mol. The molecule has 21 heavy (non-hydrogen) atoms. The van der Waals surface area contributed by atoms with Crippen LogP contribution in [0.1, 0.15) is 28.8 Å². The third-order valence-electron chi connectivity index (χ3n) is 3.26. The molecule has 6 heteroatoms. The number of phenols is 1. The molecule has 1 aliphatic rings. The van der Waals surface area contributed by atoms with Crippen LogP contribution in [0, 0.1) is 6.92 Å². The van der Waals surface area contributed by atoms with Gasteiger partial charge in [0.2, 0.25) is 0 Å². The highest BCUT2D eigenvalue weighted by molar-refractivity contribution is 5.93. The highest BCUT2D eigenvalue weighted by atomic mass is 16.5. The molecule has 6 nitrogen and oxygen atoms in total. The van der Waals surface area contributed by atoms with Crippen LogP contribution in [0.4, 0.5) is 0 Å². The van der Waals surface area contributed by atoms with E-state index < -0.39 is 5.97 Å². The van der Waals surface area contributed by atoms with Gasteiger partial charge in [-0.15, -0.1) is 0 Å². The minimum atomic E-state index is -0.722. The number of nitrogens with one attached hydrogen (secondary N) is 1. The van der Waals surface area contributed by atoms with Gasteiger partial charge in [-0.25, -0.2) is 4.79 Å². The number of aryl methyl sites for hydroxylation is 1. The van der Waals surface area contributed by atoms with Gasteiger partial charge in [-0.2, -0.15) is 0 Å². The first-order chi connectivity index (χ1) is 10.1. The second kappa shape index (κ2) is 7.08. The van der Waals surface area contributed by atoms with Gasteiger partial charge >= 0.3 is 5.97 Å². The molecule has 0 unspecified atom stereocenters. The number of aromatic hydroxyl groups is 1. The van der Waals surface area contributed by atoms with Crippen molar-refractivity contribution in [3.63, 3.8) is 0 Å². The molecular formula is C15H19NO5. The normalized spacial score (nSPS) is 17.5. The summed E-state index contributed by atoms with van der Waals surface area (Å²) in [5.41, 5.74) is 0.880. The molecule has 2 N–H and O–H groups in total. The quantitative estimate of drug-likeness (QED) is 0.796. The average Bonchev–Trinajstić information content (AvgIpc) is 2.95. The topological polar surface area (TPSA) is 84.9 Å². The molecule has 1 atom stereocenters. The van der Waals surface area contributed by atoms with E-state index in [4.69, 9.17) is 9.47 Å². The number of esters is 1. The molecule has 1 aromatic carbocycles. The van der Waals surface area contributed by atoms with Crippen LogP contribution >= 0.6 is 0 Å². The van der Waals surface area contributed by atoms with Crippen molar-refractivity contribution in [3.8, 4) is 5.75 Å². The standard InChI is InChI=1S/C15H19NO5/c1-10-4-5-12(13(17)7-10)15(19)21-9-14(18)16-8-11-3-2-6-20-11/h4-5,7,11,17H,2-3,6,8-9H2,1H3,(H,16,18)/t11-/m0/s1. The molecule has 0 aliphatic carbocycles. The molecule has 1 aromatic rings. The first kappa shape index (κ1) is 15.3. The van der Waals surface area contributed by atoms with Gasteiger partial charge in [0, 0.05) is 13.2 Å². The van der Waals surface area contributed by atoms with E-state index in [9.17, 15) is 14.7 Å². The Morgan fingerprint density at radius 2 is 2.29 bits per heavy atom. The summed E-state index contributed by atoms with van der Waals surface area (Å²) in [6.45, 7) is 2.57. The fraction of sp³-hybridized carbons (Fsp3) is 0.467. The van der Waals surface area contributed by atoms with Crippen molar-refractivity contribution >= 4 is 11.9 Å². The third kappa shape index (κ3) is 4.46. The number of hydrogen-bond donors (Lipinski definition) is 2. The number of benzene rings is 1. The van der Waals surface area contributed by atoms with Crippen LogP contribution in [0.3, 0.4) is 0 Å². The molecule has 1 amide bonds. The summed E-state index contributed by atoms with van der Waals surface area (Å²) < 4.78 is 10.2. The van der Waals surface area contributed by atoms with E-state index >= 15 is 0 Å². The maximum Gasteiger partial charge on any atom is 0.342 e. The molecule has 0 radical (unpaired) electrons. The molecule has 2 rings (SSSR count). The number of carbonyl (C=O) groups is 2.